The number of nitrogens with one attached hydrogen (secondary N) is 2. The molecule has 2 saturated carbocycles. The second-order valence-electron chi connectivity index (χ2n) is 7.08. The van der Waals surface area contributed by atoms with Crippen molar-refractivity contribution < 1.29 is 0 Å². The van der Waals surface area contributed by atoms with Crippen LogP contribution in [0.1, 0.15) is 51.4 Å². The van der Waals surface area contributed by atoms with Crippen molar-refractivity contribution in [1.29, 1.82) is 0 Å². The van der Waals surface area contributed by atoms with Crippen LogP contribution in [0.4, 0.5) is 11.8 Å². The minimum absolute atomic E-state index is 0.523. The van der Waals surface area contributed by atoms with Crippen molar-refractivity contribution in [3.8, 4) is 11.3 Å². The van der Waals surface area contributed by atoms with E-state index in [-0.39, 0.29) is 0 Å². The van der Waals surface area contributed by atoms with Crippen LogP contribution >= 0.6 is 0 Å². The quantitative estimate of drug-likeness (QED) is 0.826. The Morgan fingerprint density at radius 1 is 0.750 bits per heavy atom. The minimum Gasteiger partial charge on any atom is -0.367 e. The maximum Gasteiger partial charge on any atom is 0.225 e. The van der Waals surface area contributed by atoms with Crippen LogP contribution in [0.5, 0.6) is 0 Å². The minimum atomic E-state index is 0.523. The van der Waals surface area contributed by atoms with Crippen LogP contribution in [-0.2, 0) is 0 Å². The Hall–Kier alpha value is -2.10. The van der Waals surface area contributed by atoms with Gasteiger partial charge in [0.05, 0.1) is 5.69 Å². The first-order chi connectivity index (χ1) is 11.9. The highest BCUT2D eigenvalue weighted by Crippen LogP contribution is 2.27. The molecule has 4 nitrogen and oxygen atoms in total. The van der Waals surface area contributed by atoms with Gasteiger partial charge in [-0.1, -0.05) is 56.0 Å². The maximum absolute atomic E-state index is 4.78. The van der Waals surface area contributed by atoms with Gasteiger partial charge in [0.15, 0.2) is 0 Å². The molecule has 2 aromatic rings. The lowest BCUT2D eigenvalue weighted by molar-refractivity contribution is 0.737. The van der Waals surface area contributed by atoms with Crippen molar-refractivity contribution in [2.24, 2.45) is 0 Å². The predicted molar refractivity (Wildman–Crippen MR) is 99.2 cm³/mol. The molecule has 1 aromatic carbocycles. The van der Waals surface area contributed by atoms with Gasteiger partial charge in [0.2, 0.25) is 5.95 Å². The lowest BCUT2D eigenvalue weighted by Gasteiger charge is -2.17. The number of rotatable bonds is 5. The van der Waals surface area contributed by atoms with Crippen molar-refractivity contribution in [1.82, 2.24) is 9.97 Å². The largest absolute Gasteiger partial charge is 0.367 e. The van der Waals surface area contributed by atoms with Gasteiger partial charge >= 0.3 is 0 Å². The Labute approximate surface area is 144 Å². The Morgan fingerprint density at radius 2 is 1.38 bits per heavy atom. The SMILES string of the molecule is c1ccc(-c2cc(NC3CCCC3)nc(NC3CCCC3)n2)cc1. The molecular formula is C20H26N4. The van der Waals surface area contributed by atoms with Crippen LogP contribution in [0.25, 0.3) is 11.3 Å². The molecule has 0 saturated heterocycles. The molecule has 126 valence electrons. The summed E-state index contributed by atoms with van der Waals surface area (Å²) in [6.45, 7) is 0. The van der Waals surface area contributed by atoms with E-state index in [0.717, 1.165) is 23.0 Å². The predicted octanol–water partition coefficient (Wildman–Crippen LogP) is 4.85. The monoisotopic (exact) mass is 322 g/mol. The lowest BCUT2D eigenvalue weighted by Crippen LogP contribution is -2.19. The molecule has 2 aliphatic rings. The van der Waals surface area contributed by atoms with E-state index in [9.17, 15) is 0 Å². The fourth-order valence-corrected chi connectivity index (χ4v) is 3.87. The molecule has 0 spiro atoms. The van der Waals surface area contributed by atoms with Gasteiger partial charge in [0, 0.05) is 23.7 Å². The highest BCUT2D eigenvalue weighted by Gasteiger charge is 2.19. The molecule has 2 fully saturated rings. The first-order valence-electron chi connectivity index (χ1n) is 9.34. The Kier molecular flexibility index (Phi) is 4.63. The molecule has 2 aliphatic carbocycles. The third-order valence-electron chi connectivity index (χ3n) is 5.19. The van der Waals surface area contributed by atoms with Crippen LogP contribution in [-0.4, -0.2) is 22.1 Å². The molecule has 0 amide bonds. The zero-order chi connectivity index (χ0) is 16.2. The van der Waals surface area contributed by atoms with Crippen LogP contribution in [0.2, 0.25) is 0 Å². The van der Waals surface area contributed by atoms with E-state index in [2.05, 4.69) is 41.0 Å². The number of anilines is 2. The molecule has 0 aliphatic heterocycles. The summed E-state index contributed by atoms with van der Waals surface area (Å²) in [6.07, 6.45) is 10.2. The van der Waals surface area contributed by atoms with E-state index >= 15 is 0 Å². The summed E-state index contributed by atoms with van der Waals surface area (Å²) >= 11 is 0. The molecule has 2 N–H and O–H groups in total. The number of hydrogen-bond donors (Lipinski definition) is 2. The summed E-state index contributed by atoms with van der Waals surface area (Å²) in [5.41, 5.74) is 2.13. The van der Waals surface area contributed by atoms with Crippen molar-refractivity contribution >= 4 is 11.8 Å². The molecule has 0 bridgehead atoms. The van der Waals surface area contributed by atoms with Gasteiger partial charge in [-0.15, -0.1) is 0 Å². The summed E-state index contributed by atoms with van der Waals surface area (Å²) in [5.74, 6) is 1.72. The Morgan fingerprint density at radius 3 is 2.04 bits per heavy atom. The fraction of sp³-hybridized carbons (Fsp3) is 0.500. The van der Waals surface area contributed by atoms with Gasteiger partial charge in [-0.2, -0.15) is 4.98 Å². The Balaban J connectivity index is 1.61. The third-order valence-corrected chi connectivity index (χ3v) is 5.19. The molecule has 0 unspecified atom stereocenters. The van der Waals surface area contributed by atoms with Gasteiger partial charge in [-0.05, 0) is 25.7 Å². The van der Waals surface area contributed by atoms with Gasteiger partial charge in [-0.25, -0.2) is 4.98 Å². The normalized spacial score (nSPS) is 18.8. The first kappa shape index (κ1) is 15.4. The van der Waals surface area contributed by atoms with Crippen LogP contribution < -0.4 is 10.6 Å². The van der Waals surface area contributed by atoms with E-state index in [1.807, 2.05) is 6.07 Å². The third kappa shape index (κ3) is 3.69. The number of benzene rings is 1. The summed E-state index contributed by atoms with van der Waals surface area (Å²) < 4.78 is 0. The van der Waals surface area contributed by atoms with Gasteiger partial charge in [-0.3, -0.25) is 0 Å². The zero-order valence-electron chi connectivity index (χ0n) is 14.2. The topological polar surface area (TPSA) is 49.8 Å². The van der Waals surface area contributed by atoms with Crippen LogP contribution in [0.3, 0.4) is 0 Å². The van der Waals surface area contributed by atoms with Crippen molar-refractivity contribution in [3.63, 3.8) is 0 Å². The van der Waals surface area contributed by atoms with Gasteiger partial charge < -0.3 is 10.6 Å². The van der Waals surface area contributed by atoms with E-state index in [4.69, 9.17) is 9.97 Å². The number of aromatic nitrogens is 2. The van der Waals surface area contributed by atoms with Gasteiger partial charge in [0.25, 0.3) is 0 Å². The smallest absolute Gasteiger partial charge is 0.225 e. The molecule has 0 atom stereocenters. The highest BCUT2D eigenvalue weighted by molar-refractivity contribution is 5.64. The zero-order valence-corrected chi connectivity index (χ0v) is 14.2. The number of nitrogens with zero attached hydrogens (tertiary/aromatic N) is 2. The summed E-state index contributed by atoms with van der Waals surface area (Å²) in [7, 11) is 0. The maximum atomic E-state index is 4.78. The van der Waals surface area contributed by atoms with E-state index in [0.29, 0.717) is 12.1 Å². The second kappa shape index (κ2) is 7.20. The van der Waals surface area contributed by atoms with E-state index in [1.165, 1.54) is 51.4 Å². The van der Waals surface area contributed by atoms with Crippen LogP contribution in [0.15, 0.2) is 36.4 Å². The highest BCUT2D eigenvalue weighted by atomic mass is 15.2. The average Bonchev–Trinajstić information content (AvgIpc) is 3.30. The molecule has 4 heteroatoms. The van der Waals surface area contributed by atoms with Crippen molar-refractivity contribution in [2.45, 2.75) is 63.5 Å². The Bertz CT molecular complexity index is 622. The molecule has 4 rings (SSSR count). The summed E-state index contributed by atoms with van der Waals surface area (Å²) in [6, 6.07) is 13.6. The second-order valence-corrected chi connectivity index (χ2v) is 7.08. The van der Waals surface area contributed by atoms with E-state index in [1.54, 1.807) is 0 Å². The molecule has 1 heterocycles. The molecular weight excluding hydrogens is 296 g/mol. The number of hydrogen-bond acceptors (Lipinski definition) is 4. The molecule has 0 radical (unpaired) electrons. The first-order valence-corrected chi connectivity index (χ1v) is 9.34. The summed E-state index contributed by atoms with van der Waals surface area (Å²) in [4.78, 5) is 9.53. The molecule has 24 heavy (non-hydrogen) atoms. The van der Waals surface area contributed by atoms with Gasteiger partial charge in [0.1, 0.15) is 5.82 Å². The van der Waals surface area contributed by atoms with Crippen molar-refractivity contribution in [2.75, 3.05) is 10.6 Å². The lowest BCUT2D eigenvalue weighted by atomic mass is 10.1. The van der Waals surface area contributed by atoms with E-state index < -0.39 is 0 Å². The van der Waals surface area contributed by atoms with Crippen molar-refractivity contribution in [3.05, 3.63) is 36.4 Å². The fourth-order valence-electron chi connectivity index (χ4n) is 3.87. The standard InChI is InChI=1S/C20H26N4/c1-2-8-15(9-3-1)18-14-19(21-16-10-4-5-11-16)24-20(23-18)22-17-12-6-7-13-17/h1-3,8-9,14,16-17H,4-7,10-13H2,(H2,21,22,23,24). The summed E-state index contributed by atoms with van der Waals surface area (Å²) in [5, 5.41) is 7.18. The van der Waals surface area contributed by atoms with Crippen LogP contribution in [0, 0.1) is 0 Å². The average molecular weight is 322 g/mol. The molecule has 1 aromatic heterocycles.